The summed E-state index contributed by atoms with van der Waals surface area (Å²) in [6.07, 6.45) is 0. The molecule has 20 heavy (non-hydrogen) atoms. The van der Waals surface area contributed by atoms with Crippen molar-refractivity contribution in [3.05, 3.63) is 0 Å². The van der Waals surface area contributed by atoms with E-state index >= 15 is 0 Å². The van der Waals surface area contributed by atoms with E-state index in [-0.39, 0.29) is 18.6 Å². The summed E-state index contributed by atoms with van der Waals surface area (Å²) in [6, 6.07) is -0.0343. The number of carbonyl (C=O) groups is 2. The Balaban J connectivity index is 2.31. The summed E-state index contributed by atoms with van der Waals surface area (Å²) in [5, 5.41) is 14.4. The first kappa shape index (κ1) is 16.7. The fourth-order valence-electron chi connectivity index (χ4n) is 1.97. The van der Waals surface area contributed by atoms with E-state index in [4.69, 9.17) is 5.11 Å². The maximum atomic E-state index is 11.7. The molecule has 1 unspecified atom stereocenters. The van der Waals surface area contributed by atoms with Crippen LogP contribution in [0.1, 0.15) is 13.8 Å². The molecule has 1 atom stereocenters. The Morgan fingerprint density at radius 3 is 2.50 bits per heavy atom. The van der Waals surface area contributed by atoms with E-state index in [0.29, 0.717) is 6.54 Å². The van der Waals surface area contributed by atoms with Gasteiger partial charge in [0.1, 0.15) is 0 Å². The molecule has 0 spiro atoms. The van der Waals surface area contributed by atoms with Gasteiger partial charge in [-0.2, -0.15) is 0 Å². The second kappa shape index (κ2) is 6.90. The molecule has 0 bridgehead atoms. The number of nitrogens with one attached hydrogen (secondary N) is 2. The number of piperazine rings is 1. The summed E-state index contributed by atoms with van der Waals surface area (Å²) in [5.41, 5.74) is -0.959. The van der Waals surface area contributed by atoms with Crippen LogP contribution in [-0.2, 0) is 4.79 Å². The molecular weight excluding hydrogens is 260 g/mol. The molecule has 116 valence electrons. The van der Waals surface area contributed by atoms with Gasteiger partial charge in [-0.25, -0.2) is 4.79 Å². The Hall–Kier alpha value is -1.34. The number of nitrogens with zero attached hydrogens (tertiary/aromatic N) is 2. The second-order valence-corrected chi connectivity index (χ2v) is 6.15. The molecule has 7 heteroatoms. The quantitative estimate of drug-likeness (QED) is 0.643. The number of carboxylic acids is 1. The first-order chi connectivity index (χ1) is 9.22. The number of carboxylic acid groups (broad SMARTS) is 1. The predicted octanol–water partition coefficient (Wildman–Crippen LogP) is -0.358. The summed E-state index contributed by atoms with van der Waals surface area (Å²) in [6.45, 7) is 6.76. The second-order valence-electron chi connectivity index (χ2n) is 6.15. The van der Waals surface area contributed by atoms with E-state index in [9.17, 15) is 9.59 Å². The smallest absolute Gasteiger partial charge is 0.314 e. The highest BCUT2D eigenvalue weighted by atomic mass is 16.4. The Bertz CT molecular complexity index is 360. The minimum Gasteiger partial charge on any atom is -0.481 e. The molecule has 1 heterocycles. The van der Waals surface area contributed by atoms with Gasteiger partial charge in [0.15, 0.2) is 0 Å². The summed E-state index contributed by atoms with van der Waals surface area (Å²) in [5.74, 6) is -0.925. The van der Waals surface area contributed by atoms with Crippen LogP contribution in [0.25, 0.3) is 0 Å². The lowest BCUT2D eigenvalue weighted by Crippen LogP contribution is -2.55. The number of likely N-dealkylation sites (N-methyl/N-ethyl adjacent to an activating group) is 2. The van der Waals surface area contributed by atoms with Crippen LogP contribution in [-0.4, -0.2) is 79.8 Å². The summed E-state index contributed by atoms with van der Waals surface area (Å²) < 4.78 is 0. The van der Waals surface area contributed by atoms with Crippen LogP contribution in [0.5, 0.6) is 0 Å². The van der Waals surface area contributed by atoms with Gasteiger partial charge in [0.05, 0.1) is 5.41 Å². The molecule has 1 aliphatic rings. The normalized spacial score (nSPS) is 21.5. The molecule has 1 aliphatic heterocycles. The van der Waals surface area contributed by atoms with Gasteiger partial charge in [-0.3, -0.25) is 9.69 Å². The Morgan fingerprint density at radius 1 is 1.25 bits per heavy atom. The van der Waals surface area contributed by atoms with Crippen molar-refractivity contribution in [3.63, 3.8) is 0 Å². The van der Waals surface area contributed by atoms with Gasteiger partial charge in [-0.15, -0.1) is 0 Å². The van der Waals surface area contributed by atoms with Crippen molar-refractivity contribution in [1.29, 1.82) is 0 Å². The van der Waals surface area contributed by atoms with Crippen molar-refractivity contribution < 1.29 is 14.7 Å². The lowest BCUT2D eigenvalue weighted by Gasteiger charge is -2.37. The maximum absolute atomic E-state index is 11.7. The first-order valence-electron chi connectivity index (χ1n) is 6.86. The molecule has 0 aliphatic carbocycles. The zero-order chi connectivity index (χ0) is 15.3. The van der Waals surface area contributed by atoms with Crippen molar-refractivity contribution in [2.75, 3.05) is 46.8 Å². The van der Waals surface area contributed by atoms with Gasteiger partial charge in [-0.1, -0.05) is 0 Å². The number of hydrogen-bond acceptors (Lipinski definition) is 4. The number of rotatable bonds is 5. The number of hydrogen-bond donors (Lipinski definition) is 3. The zero-order valence-electron chi connectivity index (χ0n) is 12.8. The maximum Gasteiger partial charge on any atom is 0.314 e. The van der Waals surface area contributed by atoms with Crippen molar-refractivity contribution in [3.8, 4) is 0 Å². The van der Waals surface area contributed by atoms with E-state index in [0.717, 1.165) is 19.6 Å². The van der Waals surface area contributed by atoms with Crippen molar-refractivity contribution in [1.82, 2.24) is 20.4 Å². The molecule has 7 nitrogen and oxygen atoms in total. The number of aliphatic carboxylic acids is 1. The average molecular weight is 286 g/mol. The van der Waals surface area contributed by atoms with Crippen LogP contribution in [0, 0.1) is 5.41 Å². The lowest BCUT2D eigenvalue weighted by molar-refractivity contribution is -0.146. The average Bonchev–Trinajstić information content (AvgIpc) is 2.37. The third-order valence-corrected chi connectivity index (χ3v) is 3.75. The van der Waals surface area contributed by atoms with Crippen LogP contribution < -0.4 is 10.6 Å². The zero-order valence-corrected chi connectivity index (χ0v) is 12.8. The highest BCUT2D eigenvalue weighted by Gasteiger charge is 2.28. The molecule has 1 saturated heterocycles. The fourth-order valence-corrected chi connectivity index (χ4v) is 1.97. The fraction of sp³-hybridized carbons (Fsp3) is 0.846. The van der Waals surface area contributed by atoms with Crippen LogP contribution in [0.3, 0.4) is 0 Å². The van der Waals surface area contributed by atoms with E-state index in [2.05, 4.69) is 27.5 Å². The number of urea groups is 1. The van der Waals surface area contributed by atoms with Crippen molar-refractivity contribution in [2.24, 2.45) is 5.41 Å². The minimum atomic E-state index is -0.959. The van der Waals surface area contributed by atoms with Gasteiger partial charge < -0.3 is 20.6 Å². The van der Waals surface area contributed by atoms with E-state index < -0.39 is 11.4 Å². The SMILES string of the molecule is CN1CCN(C)C(CNC(=O)NCC(C)(C)C(=O)O)C1. The van der Waals surface area contributed by atoms with Gasteiger partial charge in [-0.05, 0) is 27.9 Å². The molecule has 1 rings (SSSR count). The topological polar surface area (TPSA) is 84.9 Å². The van der Waals surface area contributed by atoms with Gasteiger partial charge >= 0.3 is 12.0 Å². The number of carbonyl (C=O) groups excluding carboxylic acids is 1. The summed E-state index contributed by atoms with van der Waals surface area (Å²) >= 11 is 0. The molecule has 3 N–H and O–H groups in total. The lowest BCUT2D eigenvalue weighted by atomic mass is 9.94. The molecule has 0 saturated carbocycles. The van der Waals surface area contributed by atoms with Gasteiger partial charge in [0, 0.05) is 38.8 Å². The highest BCUT2D eigenvalue weighted by molar-refractivity contribution is 5.77. The van der Waals surface area contributed by atoms with Crippen molar-refractivity contribution in [2.45, 2.75) is 19.9 Å². The standard InChI is InChI=1S/C13H26N4O3/c1-13(2,11(18)19)9-15-12(20)14-7-10-8-16(3)5-6-17(10)4/h10H,5-9H2,1-4H3,(H,18,19)(H2,14,15,20). The summed E-state index contributed by atoms with van der Waals surface area (Å²) in [7, 11) is 4.11. The van der Waals surface area contributed by atoms with Gasteiger partial charge in [0.2, 0.25) is 0 Å². The minimum absolute atomic E-state index is 0.106. The third kappa shape index (κ3) is 4.97. The van der Waals surface area contributed by atoms with E-state index in [1.54, 1.807) is 13.8 Å². The molecule has 0 radical (unpaired) electrons. The van der Waals surface area contributed by atoms with Crippen LogP contribution in [0.15, 0.2) is 0 Å². The Morgan fingerprint density at radius 2 is 1.90 bits per heavy atom. The van der Waals surface area contributed by atoms with Crippen LogP contribution >= 0.6 is 0 Å². The Labute approximate surface area is 120 Å². The first-order valence-corrected chi connectivity index (χ1v) is 6.86. The monoisotopic (exact) mass is 286 g/mol. The van der Waals surface area contributed by atoms with Crippen LogP contribution in [0.2, 0.25) is 0 Å². The molecule has 0 aromatic heterocycles. The van der Waals surface area contributed by atoms with Gasteiger partial charge in [0.25, 0.3) is 0 Å². The highest BCUT2D eigenvalue weighted by Crippen LogP contribution is 2.12. The molecule has 1 fully saturated rings. The van der Waals surface area contributed by atoms with E-state index in [1.807, 2.05) is 7.05 Å². The van der Waals surface area contributed by atoms with Crippen molar-refractivity contribution >= 4 is 12.0 Å². The molecular formula is C13H26N4O3. The molecule has 0 aromatic rings. The van der Waals surface area contributed by atoms with E-state index in [1.165, 1.54) is 0 Å². The largest absolute Gasteiger partial charge is 0.481 e. The number of amides is 2. The summed E-state index contributed by atoms with van der Waals surface area (Å²) in [4.78, 5) is 27.1. The molecule has 2 amide bonds. The molecule has 0 aromatic carbocycles. The Kier molecular flexibility index (Phi) is 5.76. The third-order valence-electron chi connectivity index (χ3n) is 3.75. The predicted molar refractivity (Wildman–Crippen MR) is 76.7 cm³/mol. The van der Waals surface area contributed by atoms with Crippen LogP contribution in [0.4, 0.5) is 4.79 Å².